The Bertz CT molecular complexity index is 1280. The van der Waals surface area contributed by atoms with E-state index in [-0.39, 0.29) is 17.1 Å². The molecule has 3 aliphatic heterocycles. The van der Waals surface area contributed by atoms with Crippen LogP contribution in [0.4, 0.5) is 21.6 Å². The zero-order valence-corrected chi connectivity index (χ0v) is 19.0. The van der Waals surface area contributed by atoms with Crippen LogP contribution in [0.5, 0.6) is 5.75 Å². The van der Waals surface area contributed by atoms with Gasteiger partial charge in [0.25, 0.3) is 5.91 Å². The van der Waals surface area contributed by atoms with E-state index < -0.39 is 0 Å². The molecular formula is C25H27FN6O2. The number of fused-ring (bicyclic) bond motifs is 3. The van der Waals surface area contributed by atoms with Crippen molar-refractivity contribution in [1.82, 2.24) is 20.6 Å². The molecule has 1 saturated heterocycles. The van der Waals surface area contributed by atoms with Gasteiger partial charge in [-0.2, -0.15) is 0 Å². The summed E-state index contributed by atoms with van der Waals surface area (Å²) >= 11 is 0. The fourth-order valence-electron chi connectivity index (χ4n) is 5.33. The molecule has 34 heavy (non-hydrogen) atoms. The Morgan fingerprint density at radius 3 is 2.94 bits per heavy atom. The van der Waals surface area contributed by atoms with E-state index in [1.807, 2.05) is 12.1 Å². The zero-order valence-electron chi connectivity index (χ0n) is 19.0. The predicted molar refractivity (Wildman–Crippen MR) is 129 cm³/mol. The number of aromatic amines is 1. The third-order valence-corrected chi connectivity index (χ3v) is 7.16. The molecular weight excluding hydrogens is 435 g/mol. The second-order valence-electron chi connectivity index (χ2n) is 9.22. The Balaban J connectivity index is 1.59. The molecule has 6 rings (SSSR count). The van der Waals surface area contributed by atoms with Crippen molar-refractivity contribution < 1.29 is 13.9 Å². The second-order valence-corrected chi connectivity index (χ2v) is 9.22. The number of H-pyrrole nitrogens is 1. The molecule has 3 aromatic rings. The minimum absolute atomic E-state index is 0.146. The van der Waals surface area contributed by atoms with Crippen LogP contribution in [-0.4, -0.2) is 48.7 Å². The van der Waals surface area contributed by atoms with E-state index in [0.29, 0.717) is 53.8 Å². The lowest BCUT2D eigenvalue weighted by Crippen LogP contribution is -2.54. The highest BCUT2D eigenvalue weighted by Crippen LogP contribution is 2.47. The van der Waals surface area contributed by atoms with Gasteiger partial charge in [0.2, 0.25) is 0 Å². The third-order valence-electron chi connectivity index (χ3n) is 7.16. The van der Waals surface area contributed by atoms with Gasteiger partial charge in [0.05, 0.1) is 23.5 Å². The summed E-state index contributed by atoms with van der Waals surface area (Å²) in [5.41, 5.74) is 4.50. The fourth-order valence-corrected chi connectivity index (χ4v) is 5.33. The predicted octanol–water partition coefficient (Wildman–Crippen LogP) is 3.44. The molecule has 1 spiro atoms. The molecule has 1 unspecified atom stereocenters. The number of rotatable bonds is 3. The molecule has 0 bridgehead atoms. The van der Waals surface area contributed by atoms with Crippen LogP contribution in [0, 0.1) is 12.7 Å². The standard InChI is InChI=1S/C25H27FN6O2/c1-14-16(26)4-2-5-17(14)31-20-18-22(25(13-30-24(18)33)7-3-8-27-12-25)32-19(20)15-6-9-28-23-21(15)34-11-10-29-23/h2,4-6,9,27,31-32H,3,7-8,10-13H2,1H3,(H,28,29)(H,30,33). The van der Waals surface area contributed by atoms with Crippen molar-refractivity contribution in [2.75, 3.05) is 43.4 Å². The number of benzene rings is 1. The van der Waals surface area contributed by atoms with E-state index >= 15 is 0 Å². The van der Waals surface area contributed by atoms with Crippen molar-refractivity contribution in [2.45, 2.75) is 25.2 Å². The van der Waals surface area contributed by atoms with Gasteiger partial charge in [-0.3, -0.25) is 4.79 Å². The number of piperidine rings is 1. The van der Waals surface area contributed by atoms with Crippen LogP contribution in [0.25, 0.3) is 11.3 Å². The lowest BCUT2D eigenvalue weighted by atomic mass is 9.74. The van der Waals surface area contributed by atoms with Crippen LogP contribution in [0.3, 0.4) is 0 Å². The average Bonchev–Trinajstić information content (AvgIpc) is 3.25. The average molecular weight is 463 g/mol. The van der Waals surface area contributed by atoms with Gasteiger partial charge in [-0.25, -0.2) is 9.37 Å². The van der Waals surface area contributed by atoms with Crippen molar-refractivity contribution in [3.8, 4) is 17.0 Å². The number of aromatic nitrogens is 2. The molecule has 8 nitrogen and oxygen atoms in total. The summed E-state index contributed by atoms with van der Waals surface area (Å²) in [5.74, 6) is 0.861. The maximum absolute atomic E-state index is 14.4. The fraction of sp³-hybridized carbons (Fsp3) is 0.360. The molecule has 0 aliphatic carbocycles. The summed E-state index contributed by atoms with van der Waals surface area (Å²) in [6.45, 7) is 5.22. The van der Waals surface area contributed by atoms with E-state index in [1.54, 1.807) is 19.2 Å². The summed E-state index contributed by atoms with van der Waals surface area (Å²) in [6.07, 6.45) is 3.70. The van der Waals surface area contributed by atoms with Gasteiger partial charge < -0.3 is 31.0 Å². The van der Waals surface area contributed by atoms with Gasteiger partial charge in [-0.05, 0) is 44.5 Å². The summed E-state index contributed by atoms with van der Waals surface area (Å²) < 4.78 is 20.4. The number of nitrogens with zero attached hydrogens (tertiary/aromatic N) is 1. The first kappa shape index (κ1) is 21.0. The smallest absolute Gasteiger partial charge is 0.255 e. The lowest BCUT2D eigenvalue weighted by Gasteiger charge is -2.40. The third kappa shape index (κ3) is 3.22. The van der Waals surface area contributed by atoms with Gasteiger partial charge in [-0.15, -0.1) is 0 Å². The van der Waals surface area contributed by atoms with Crippen LogP contribution in [0.2, 0.25) is 0 Å². The van der Waals surface area contributed by atoms with E-state index in [4.69, 9.17) is 4.74 Å². The van der Waals surface area contributed by atoms with E-state index in [2.05, 4.69) is 31.2 Å². The number of hydrogen-bond acceptors (Lipinski definition) is 6. The minimum Gasteiger partial charge on any atom is -0.487 e. The van der Waals surface area contributed by atoms with Gasteiger partial charge in [0, 0.05) is 47.2 Å². The monoisotopic (exact) mass is 462 g/mol. The van der Waals surface area contributed by atoms with Crippen molar-refractivity contribution in [3.05, 3.63) is 53.1 Å². The maximum Gasteiger partial charge on any atom is 0.255 e. The van der Waals surface area contributed by atoms with Crippen molar-refractivity contribution in [2.24, 2.45) is 0 Å². The Morgan fingerprint density at radius 1 is 1.18 bits per heavy atom. The maximum atomic E-state index is 14.4. The topological polar surface area (TPSA) is 103 Å². The molecule has 176 valence electrons. The van der Waals surface area contributed by atoms with Gasteiger partial charge >= 0.3 is 0 Å². The number of nitrogens with one attached hydrogen (secondary N) is 5. The molecule has 2 aromatic heterocycles. The van der Waals surface area contributed by atoms with Crippen LogP contribution in [0.1, 0.15) is 34.5 Å². The largest absolute Gasteiger partial charge is 0.487 e. The number of halogens is 1. The number of amides is 1. The molecule has 1 fully saturated rings. The molecule has 3 aliphatic rings. The Hall–Kier alpha value is -3.59. The zero-order chi connectivity index (χ0) is 23.3. The number of hydrogen-bond donors (Lipinski definition) is 5. The first-order valence-corrected chi connectivity index (χ1v) is 11.7. The first-order chi connectivity index (χ1) is 16.6. The number of carbonyl (C=O) groups excluding carboxylic acids is 1. The van der Waals surface area contributed by atoms with Crippen molar-refractivity contribution in [1.29, 1.82) is 0 Å². The highest BCUT2D eigenvalue weighted by molar-refractivity contribution is 6.07. The summed E-state index contributed by atoms with van der Waals surface area (Å²) in [5, 5.41) is 13.3. The van der Waals surface area contributed by atoms with Crippen molar-refractivity contribution >= 4 is 23.1 Å². The highest BCUT2D eigenvalue weighted by atomic mass is 19.1. The van der Waals surface area contributed by atoms with E-state index in [0.717, 1.165) is 42.9 Å². The van der Waals surface area contributed by atoms with Crippen LogP contribution < -0.4 is 26.0 Å². The number of carbonyl (C=O) groups is 1. The summed E-state index contributed by atoms with van der Waals surface area (Å²) in [6, 6.07) is 6.80. The molecule has 9 heteroatoms. The summed E-state index contributed by atoms with van der Waals surface area (Å²) in [7, 11) is 0. The van der Waals surface area contributed by atoms with Gasteiger partial charge in [-0.1, -0.05) is 6.07 Å². The normalized spacial score (nSPS) is 21.2. The molecule has 5 heterocycles. The molecule has 1 atom stereocenters. The van der Waals surface area contributed by atoms with E-state index in [1.165, 1.54) is 6.07 Å². The Labute approximate surface area is 196 Å². The molecule has 0 radical (unpaired) electrons. The first-order valence-electron chi connectivity index (χ1n) is 11.7. The van der Waals surface area contributed by atoms with Crippen LogP contribution >= 0.6 is 0 Å². The minimum atomic E-state index is -0.304. The van der Waals surface area contributed by atoms with Crippen LogP contribution in [0.15, 0.2) is 30.5 Å². The van der Waals surface area contributed by atoms with Gasteiger partial charge in [0.15, 0.2) is 11.6 Å². The Morgan fingerprint density at radius 2 is 2.09 bits per heavy atom. The number of pyridine rings is 1. The SMILES string of the molecule is Cc1c(F)cccc1Nc1c(-c2ccnc3c2OCCN3)[nH]c2c1C(=O)NCC21CCCNC1. The molecule has 0 saturated carbocycles. The quantitative estimate of drug-likeness (QED) is 0.409. The number of ether oxygens (including phenoxy) is 1. The Kier molecular flexibility index (Phi) is 4.95. The van der Waals surface area contributed by atoms with E-state index in [9.17, 15) is 9.18 Å². The molecule has 1 aromatic carbocycles. The summed E-state index contributed by atoms with van der Waals surface area (Å²) in [4.78, 5) is 21.3. The second kappa shape index (κ2) is 8.02. The lowest BCUT2D eigenvalue weighted by molar-refractivity contribution is 0.0916. The van der Waals surface area contributed by atoms with Crippen LogP contribution in [-0.2, 0) is 5.41 Å². The molecule has 1 amide bonds. The van der Waals surface area contributed by atoms with Gasteiger partial charge in [0.1, 0.15) is 12.4 Å². The number of anilines is 3. The molecule has 5 N–H and O–H groups in total. The van der Waals surface area contributed by atoms with Crippen molar-refractivity contribution in [3.63, 3.8) is 0 Å². The highest BCUT2D eigenvalue weighted by Gasteiger charge is 2.44.